The molecule has 1 amide bonds. The van der Waals surface area contributed by atoms with Crippen LogP contribution in [0.25, 0.3) is 0 Å². The van der Waals surface area contributed by atoms with E-state index in [1.807, 2.05) is 18.2 Å². The average Bonchev–Trinajstić information content (AvgIpc) is 2.51. The summed E-state index contributed by atoms with van der Waals surface area (Å²) >= 11 is 0. The number of carbonyl (C=O) groups is 1. The molecule has 0 aromatic heterocycles. The number of rotatable bonds is 6. The van der Waals surface area contributed by atoms with Crippen LogP contribution in [-0.2, 0) is 4.74 Å². The van der Waals surface area contributed by atoms with Crippen LogP contribution in [0.1, 0.15) is 45.7 Å². The number of nitrogens with one attached hydrogen (secondary N) is 1. The van der Waals surface area contributed by atoms with Gasteiger partial charge in [-0.3, -0.25) is 4.90 Å². The van der Waals surface area contributed by atoms with Crippen molar-refractivity contribution >= 4 is 11.8 Å². The van der Waals surface area contributed by atoms with E-state index in [4.69, 9.17) is 5.73 Å². The molecule has 0 fully saturated rings. The molecular formula is C17H31N3O2. The summed E-state index contributed by atoms with van der Waals surface area (Å²) in [5.41, 5.74) is 7.76. The van der Waals surface area contributed by atoms with Gasteiger partial charge in [-0.1, -0.05) is 39.3 Å². The third kappa shape index (κ3) is 7.88. The van der Waals surface area contributed by atoms with Crippen LogP contribution >= 0.6 is 0 Å². The molecule has 3 N–H and O–H groups in total. The number of nitrogens with zero attached hydrogens (tertiary/aromatic N) is 1. The van der Waals surface area contributed by atoms with E-state index in [0.29, 0.717) is 6.54 Å². The molecule has 0 spiro atoms. The molecule has 0 bridgehead atoms. The molecule has 0 aliphatic heterocycles. The fraction of sp³-hybridized carbons (Fsp3) is 0.588. The maximum atomic E-state index is 11.0. The second-order valence-corrected chi connectivity index (χ2v) is 5.10. The molecule has 5 nitrogen and oxygen atoms in total. The first-order valence-corrected chi connectivity index (χ1v) is 7.91. The van der Waals surface area contributed by atoms with Crippen molar-refractivity contribution in [2.24, 2.45) is 0 Å². The second kappa shape index (κ2) is 11.9. The molecule has 22 heavy (non-hydrogen) atoms. The molecule has 0 aliphatic carbocycles. The average molecular weight is 309 g/mol. The van der Waals surface area contributed by atoms with Crippen LogP contribution in [0.2, 0.25) is 0 Å². The highest BCUT2D eigenvalue weighted by atomic mass is 16.5. The predicted octanol–water partition coefficient (Wildman–Crippen LogP) is 3.42. The Morgan fingerprint density at radius 3 is 2.50 bits per heavy atom. The number of nitrogen functional groups attached to an aromatic ring is 1. The van der Waals surface area contributed by atoms with Gasteiger partial charge in [0, 0.05) is 24.8 Å². The van der Waals surface area contributed by atoms with Gasteiger partial charge in [0.2, 0.25) is 0 Å². The van der Waals surface area contributed by atoms with Crippen molar-refractivity contribution in [2.75, 3.05) is 32.5 Å². The van der Waals surface area contributed by atoms with Crippen LogP contribution in [0.15, 0.2) is 24.3 Å². The number of nitrogens with two attached hydrogens (primary N) is 1. The molecule has 1 aromatic rings. The molecule has 126 valence electrons. The summed E-state index contributed by atoms with van der Waals surface area (Å²) in [6.07, 6.45) is 0.854. The zero-order valence-corrected chi connectivity index (χ0v) is 14.6. The Labute approximate surface area is 134 Å². The Kier molecular flexibility index (Phi) is 10.9. The molecule has 0 aliphatic rings. The topological polar surface area (TPSA) is 67.6 Å². The van der Waals surface area contributed by atoms with Gasteiger partial charge in [-0.25, -0.2) is 4.79 Å². The minimum atomic E-state index is -0.396. The van der Waals surface area contributed by atoms with E-state index in [-0.39, 0.29) is 6.04 Å². The van der Waals surface area contributed by atoms with Gasteiger partial charge in [-0.2, -0.15) is 0 Å². The summed E-state index contributed by atoms with van der Waals surface area (Å²) in [4.78, 5) is 13.3. The van der Waals surface area contributed by atoms with Gasteiger partial charge >= 0.3 is 6.09 Å². The lowest BCUT2D eigenvalue weighted by molar-refractivity contribution is 0.165. The Morgan fingerprint density at radius 1 is 1.36 bits per heavy atom. The highest BCUT2D eigenvalue weighted by Crippen LogP contribution is 2.21. The zero-order valence-electron chi connectivity index (χ0n) is 14.6. The van der Waals surface area contributed by atoms with E-state index in [9.17, 15) is 4.79 Å². The van der Waals surface area contributed by atoms with E-state index in [1.165, 1.54) is 19.1 Å². The Hall–Kier alpha value is -1.75. The first kappa shape index (κ1) is 20.2. The number of amides is 1. The van der Waals surface area contributed by atoms with Crippen LogP contribution in [0.5, 0.6) is 0 Å². The molecule has 0 saturated heterocycles. The zero-order chi connectivity index (χ0) is 17.0. The second-order valence-electron chi connectivity index (χ2n) is 5.10. The Morgan fingerprint density at radius 2 is 2.00 bits per heavy atom. The summed E-state index contributed by atoms with van der Waals surface area (Å²) in [5, 5.41) is 2.69. The molecule has 0 radical (unpaired) electrons. The monoisotopic (exact) mass is 309 g/mol. The van der Waals surface area contributed by atoms with Crippen molar-refractivity contribution < 1.29 is 9.53 Å². The summed E-state index contributed by atoms with van der Waals surface area (Å²) in [6.45, 7) is 10.7. The highest BCUT2D eigenvalue weighted by molar-refractivity contribution is 5.66. The number of alkyl carbamates (subject to hydrolysis) is 1. The van der Waals surface area contributed by atoms with Gasteiger partial charge in [-0.05, 0) is 31.2 Å². The Balaban J connectivity index is 0.00000135. The number of hydrogen-bond donors (Lipinski definition) is 2. The van der Waals surface area contributed by atoms with Crippen molar-refractivity contribution in [1.82, 2.24) is 10.2 Å². The van der Waals surface area contributed by atoms with Crippen molar-refractivity contribution in [3.63, 3.8) is 0 Å². The molecule has 0 heterocycles. The Bertz CT molecular complexity index is 424. The highest BCUT2D eigenvalue weighted by Gasteiger charge is 2.14. The molecule has 1 rings (SSSR count). The smallest absolute Gasteiger partial charge is 0.406 e. The molecular weight excluding hydrogens is 278 g/mol. The standard InChI is InChI=1S/C14H23N3O2.C3H8/c1-4-17(9-8-16-14(18)19-3)11(2)12-6-5-7-13(15)10-12;1-3-2/h5-7,10-11H,4,8-9,15H2,1-3H3,(H,16,18);3H2,1-2H3. The van der Waals surface area contributed by atoms with Crippen molar-refractivity contribution in [3.05, 3.63) is 29.8 Å². The van der Waals surface area contributed by atoms with Crippen LogP contribution in [-0.4, -0.2) is 37.7 Å². The van der Waals surface area contributed by atoms with Gasteiger partial charge in [0.25, 0.3) is 0 Å². The summed E-state index contributed by atoms with van der Waals surface area (Å²) in [6, 6.07) is 8.15. The lowest BCUT2D eigenvalue weighted by Gasteiger charge is -2.28. The van der Waals surface area contributed by atoms with Crippen molar-refractivity contribution in [2.45, 2.75) is 40.2 Å². The number of hydrogen-bond acceptors (Lipinski definition) is 4. The number of benzene rings is 1. The van der Waals surface area contributed by atoms with Crippen LogP contribution in [0.4, 0.5) is 10.5 Å². The molecule has 1 atom stereocenters. The van der Waals surface area contributed by atoms with E-state index in [2.05, 4.69) is 48.7 Å². The van der Waals surface area contributed by atoms with E-state index in [0.717, 1.165) is 18.8 Å². The van der Waals surface area contributed by atoms with Crippen molar-refractivity contribution in [3.8, 4) is 0 Å². The van der Waals surface area contributed by atoms with Gasteiger partial charge in [0.1, 0.15) is 0 Å². The van der Waals surface area contributed by atoms with Gasteiger partial charge in [0.15, 0.2) is 0 Å². The number of anilines is 1. The van der Waals surface area contributed by atoms with E-state index < -0.39 is 6.09 Å². The van der Waals surface area contributed by atoms with Gasteiger partial charge < -0.3 is 15.8 Å². The van der Waals surface area contributed by atoms with E-state index in [1.54, 1.807) is 0 Å². The quantitative estimate of drug-likeness (QED) is 0.790. The largest absolute Gasteiger partial charge is 0.453 e. The van der Waals surface area contributed by atoms with Crippen LogP contribution in [0.3, 0.4) is 0 Å². The normalized spacial score (nSPS) is 11.4. The molecule has 5 heteroatoms. The third-order valence-corrected chi connectivity index (χ3v) is 3.20. The molecule has 0 saturated carbocycles. The first-order chi connectivity index (χ1) is 10.5. The minimum Gasteiger partial charge on any atom is -0.453 e. The van der Waals surface area contributed by atoms with Gasteiger partial charge in [-0.15, -0.1) is 0 Å². The fourth-order valence-corrected chi connectivity index (χ4v) is 2.03. The summed E-state index contributed by atoms with van der Waals surface area (Å²) in [5.74, 6) is 0. The number of methoxy groups -OCH3 is 1. The lowest BCUT2D eigenvalue weighted by Crippen LogP contribution is -2.36. The fourth-order valence-electron chi connectivity index (χ4n) is 2.03. The molecule has 1 unspecified atom stereocenters. The molecule has 1 aromatic carbocycles. The SMILES string of the molecule is CCC.CCN(CCNC(=O)OC)C(C)c1cccc(N)c1. The number of ether oxygens (including phenoxy) is 1. The van der Waals surface area contributed by atoms with E-state index >= 15 is 0 Å². The minimum absolute atomic E-state index is 0.257. The third-order valence-electron chi connectivity index (χ3n) is 3.20. The predicted molar refractivity (Wildman–Crippen MR) is 92.9 cm³/mol. The summed E-state index contributed by atoms with van der Waals surface area (Å²) < 4.78 is 4.54. The van der Waals surface area contributed by atoms with Crippen LogP contribution < -0.4 is 11.1 Å². The van der Waals surface area contributed by atoms with Gasteiger partial charge in [0.05, 0.1) is 7.11 Å². The maximum Gasteiger partial charge on any atom is 0.406 e. The van der Waals surface area contributed by atoms with Crippen LogP contribution in [0, 0.1) is 0 Å². The lowest BCUT2D eigenvalue weighted by atomic mass is 10.1. The number of likely N-dealkylation sites (N-methyl/N-ethyl adjacent to an activating group) is 1. The van der Waals surface area contributed by atoms with Crippen molar-refractivity contribution in [1.29, 1.82) is 0 Å². The first-order valence-electron chi connectivity index (χ1n) is 7.91. The summed E-state index contributed by atoms with van der Waals surface area (Å²) in [7, 11) is 1.36. The maximum absolute atomic E-state index is 11.0. The number of carbonyl (C=O) groups excluding carboxylic acids is 1.